The van der Waals surface area contributed by atoms with Gasteiger partial charge in [0, 0.05) is 6.92 Å². The van der Waals surface area contributed by atoms with E-state index in [1.54, 1.807) is 0 Å². The normalized spacial score (nSPS) is 20.7. The molecule has 0 aliphatic rings. The Hall–Kier alpha value is -0.770. The number of aliphatic hydroxyl groups excluding tert-OH is 6. The van der Waals surface area contributed by atoms with Gasteiger partial charge in [-0.2, -0.15) is 0 Å². The molecule has 0 rings (SSSR count). The number of nitrogens with one attached hydrogen (secondary N) is 1. The molecule has 0 aliphatic carbocycles. The van der Waals surface area contributed by atoms with Gasteiger partial charge in [-0.1, -0.05) is 0 Å². The van der Waals surface area contributed by atoms with Crippen LogP contribution in [0, 0.1) is 0 Å². The van der Waals surface area contributed by atoms with E-state index in [0.29, 0.717) is 0 Å². The van der Waals surface area contributed by atoms with E-state index in [1.165, 1.54) is 0 Å². The van der Waals surface area contributed by atoms with Gasteiger partial charge in [-0.05, 0) is 0 Å². The predicted octanol–water partition coefficient (Wildman–Crippen LogP) is -4.12. The van der Waals surface area contributed by atoms with Gasteiger partial charge in [-0.25, -0.2) is 0 Å². The second-order valence-corrected chi connectivity index (χ2v) is 3.37. The maximum absolute atomic E-state index is 10.5. The van der Waals surface area contributed by atoms with E-state index in [0.717, 1.165) is 6.92 Å². The van der Waals surface area contributed by atoms with Crippen molar-refractivity contribution in [3.63, 3.8) is 0 Å². The van der Waals surface area contributed by atoms with Crippen LogP contribution in [0.4, 0.5) is 0 Å². The van der Waals surface area contributed by atoms with Crippen LogP contribution in [0.2, 0.25) is 0 Å². The van der Waals surface area contributed by atoms with Gasteiger partial charge in [0.1, 0.15) is 24.4 Å². The standard InChI is InChI=1S/C8H17NO7/c1-3(11)9-8(16)7(15)6(14)5(13)4(12)2-10/h4-8,10,12-16H,2H2,1H3,(H,9,11)/t4-,5+,6+,7+,8?/m0/s1. The van der Waals surface area contributed by atoms with Gasteiger partial charge in [0.05, 0.1) is 6.61 Å². The Morgan fingerprint density at radius 3 is 1.94 bits per heavy atom. The summed E-state index contributed by atoms with van der Waals surface area (Å²) >= 11 is 0. The summed E-state index contributed by atoms with van der Waals surface area (Å²) in [6, 6.07) is 0. The third kappa shape index (κ3) is 4.39. The fraction of sp³-hybridized carbons (Fsp3) is 0.875. The lowest BCUT2D eigenvalue weighted by Gasteiger charge is -2.28. The molecule has 0 spiro atoms. The quantitative estimate of drug-likeness (QED) is 0.233. The fourth-order valence-corrected chi connectivity index (χ4v) is 1.02. The van der Waals surface area contributed by atoms with Gasteiger partial charge >= 0.3 is 0 Å². The number of carbonyl (C=O) groups is 1. The summed E-state index contributed by atoms with van der Waals surface area (Å²) in [5, 5.41) is 56.3. The maximum atomic E-state index is 10.5. The molecule has 1 amide bonds. The minimum atomic E-state index is -1.91. The average Bonchev–Trinajstić information content (AvgIpc) is 2.23. The molecular weight excluding hydrogens is 222 g/mol. The molecule has 7 N–H and O–H groups in total. The molecule has 0 aromatic carbocycles. The monoisotopic (exact) mass is 239 g/mol. The van der Waals surface area contributed by atoms with Crippen molar-refractivity contribution in [3.8, 4) is 0 Å². The lowest BCUT2D eigenvalue weighted by molar-refractivity contribution is -0.150. The largest absolute Gasteiger partial charge is 0.394 e. The number of aliphatic hydroxyl groups is 6. The Bertz CT molecular complexity index is 224. The molecule has 0 aromatic rings. The summed E-state index contributed by atoms with van der Waals surface area (Å²) in [4.78, 5) is 10.5. The minimum absolute atomic E-state index is 0.643. The minimum Gasteiger partial charge on any atom is -0.394 e. The molecule has 96 valence electrons. The lowest BCUT2D eigenvalue weighted by atomic mass is 10.0. The zero-order chi connectivity index (χ0) is 12.9. The van der Waals surface area contributed by atoms with Gasteiger partial charge in [0.15, 0.2) is 6.23 Å². The van der Waals surface area contributed by atoms with E-state index in [9.17, 15) is 20.1 Å². The fourth-order valence-electron chi connectivity index (χ4n) is 1.02. The van der Waals surface area contributed by atoms with Crippen LogP contribution in [-0.2, 0) is 4.79 Å². The van der Waals surface area contributed by atoms with Crippen LogP contribution in [0.15, 0.2) is 0 Å². The van der Waals surface area contributed by atoms with Gasteiger partial charge in [0.2, 0.25) is 5.91 Å². The van der Waals surface area contributed by atoms with Crippen molar-refractivity contribution in [3.05, 3.63) is 0 Å². The molecule has 0 heterocycles. The first-order valence-electron chi connectivity index (χ1n) is 4.59. The lowest BCUT2D eigenvalue weighted by Crippen LogP contribution is -2.54. The highest BCUT2D eigenvalue weighted by molar-refractivity contribution is 5.73. The van der Waals surface area contributed by atoms with Gasteiger partial charge in [-0.3, -0.25) is 4.79 Å². The van der Waals surface area contributed by atoms with E-state index in [-0.39, 0.29) is 0 Å². The first kappa shape index (κ1) is 15.2. The zero-order valence-electron chi connectivity index (χ0n) is 8.69. The molecule has 8 heteroatoms. The zero-order valence-corrected chi connectivity index (χ0v) is 8.69. The predicted molar refractivity (Wildman–Crippen MR) is 50.9 cm³/mol. The Balaban J connectivity index is 4.35. The van der Waals surface area contributed by atoms with E-state index in [2.05, 4.69) is 0 Å². The highest BCUT2D eigenvalue weighted by atomic mass is 16.4. The van der Waals surface area contributed by atoms with Crippen LogP contribution in [0.25, 0.3) is 0 Å². The summed E-state index contributed by atoms with van der Waals surface area (Å²) < 4.78 is 0. The molecule has 0 saturated carbocycles. The SMILES string of the molecule is CC(=O)NC(O)[C@H](O)[C@H](O)[C@H](O)[C@@H](O)CO. The summed E-state index contributed by atoms with van der Waals surface area (Å²) in [6.45, 7) is 0.266. The van der Waals surface area contributed by atoms with E-state index < -0.39 is 43.2 Å². The van der Waals surface area contributed by atoms with Crippen molar-refractivity contribution in [2.45, 2.75) is 37.6 Å². The van der Waals surface area contributed by atoms with Gasteiger partial charge in [0.25, 0.3) is 0 Å². The second kappa shape index (κ2) is 6.74. The molecule has 0 aliphatic heterocycles. The van der Waals surface area contributed by atoms with Crippen molar-refractivity contribution in [2.24, 2.45) is 0 Å². The van der Waals surface area contributed by atoms with Crippen molar-refractivity contribution < 1.29 is 35.4 Å². The Kier molecular flexibility index (Phi) is 6.41. The van der Waals surface area contributed by atoms with Crippen LogP contribution in [0.1, 0.15) is 6.92 Å². The number of amides is 1. The van der Waals surface area contributed by atoms with Gasteiger partial charge in [-0.15, -0.1) is 0 Å². The molecule has 0 bridgehead atoms. The molecule has 1 unspecified atom stereocenters. The Labute approximate surface area is 91.8 Å². The molecule has 16 heavy (non-hydrogen) atoms. The van der Waals surface area contributed by atoms with E-state index in [1.807, 2.05) is 5.32 Å². The highest BCUT2D eigenvalue weighted by Crippen LogP contribution is 2.07. The number of hydrogen-bond acceptors (Lipinski definition) is 7. The molecule has 8 nitrogen and oxygen atoms in total. The number of hydrogen-bond donors (Lipinski definition) is 7. The van der Waals surface area contributed by atoms with Crippen molar-refractivity contribution in [1.29, 1.82) is 0 Å². The van der Waals surface area contributed by atoms with Crippen molar-refractivity contribution >= 4 is 5.91 Å². The molecule has 0 saturated heterocycles. The summed E-state index contributed by atoms with van der Waals surface area (Å²) in [7, 11) is 0. The third-order valence-corrected chi connectivity index (χ3v) is 1.96. The van der Waals surface area contributed by atoms with Gasteiger partial charge < -0.3 is 36.0 Å². The second-order valence-electron chi connectivity index (χ2n) is 3.37. The molecule has 0 aromatic heterocycles. The third-order valence-electron chi connectivity index (χ3n) is 1.96. The Morgan fingerprint density at radius 2 is 1.56 bits per heavy atom. The topological polar surface area (TPSA) is 150 Å². The van der Waals surface area contributed by atoms with E-state index >= 15 is 0 Å². The molecule has 0 fully saturated rings. The Morgan fingerprint density at radius 1 is 1.06 bits per heavy atom. The van der Waals surface area contributed by atoms with E-state index in [4.69, 9.17) is 15.3 Å². The summed E-state index contributed by atoms with van der Waals surface area (Å²) in [5.41, 5.74) is 0. The number of carbonyl (C=O) groups excluding carboxylic acids is 1. The average molecular weight is 239 g/mol. The van der Waals surface area contributed by atoms with Crippen LogP contribution >= 0.6 is 0 Å². The first-order valence-corrected chi connectivity index (χ1v) is 4.59. The number of rotatable bonds is 6. The van der Waals surface area contributed by atoms with Crippen LogP contribution in [-0.4, -0.2) is 73.8 Å². The molecular formula is C8H17NO7. The van der Waals surface area contributed by atoms with Crippen LogP contribution < -0.4 is 5.32 Å². The highest BCUT2D eigenvalue weighted by Gasteiger charge is 2.34. The van der Waals surface area contributed by atoms with Crippen molar-refractivity contribution in [1.82, 2.24) is 5.32 Å². The molecule has 5 atom stereocenters. The first-order chi connectivity index (χ1) is 7.31. The smallest absolute Gasteiger partial charge is 0.218 e. The van der Waals surface area contributed by atoms with Crippen molar-refractivity contribution in [2.75, 3.05) is 6.61 Å². The maximum Gasteiger partial charge on any atom is 0.218 e. The van der Waals surface area contributed by atoms with Crippen LogP contribution in [0.3, 0.4) is 0 Å². The summed E-state index contributed by atoms with van der Waals surface area (Å²) in [6.07, 6.45) is -9.09. The molecule has 0 radical (unpaired) electrons. The summed E-state index contributed by atoms with van der Waals surface area (Å²) in [5.74, 6) is -0.643. The van der Waals surface area contributed by atoms with Crippen LogP contribution in [0.5, 0.6) is 0 Å².